The van der Waals surface area contributed by atoms with Crippen LogP contribution in [0.5, 0.6) is 0 Å². The van der Waals surface area contributed by atoms with Crippen LogP contribution in [0.1, 0.15) is 40.2 Å². The van der Waals surface area contributed by atoms with Crippen molar-refractivity contribution in [3.8, 4) is 5.69 Å². The summed E-state index contributed by atoms with van der Waals surface area (Å²) < 4.78 is 7.17. The fraction of sp³-hybridized carbons (Fsp3) is 0.450. The second-order valence-electron chi connectivity index (χ2n) is 7.23. The van der Waals surface area contributed by atoms with E-state index in [0.717, 1.165) is 41.8 Å². The number of aryl methyl sites for hydroxylation is 1. The second-order valence-corrected chi connectivity index (χ2v) is 7.23. The lowest BCUT2D eigenvalue weighted by Gasteiger charge is -2.20. The molecular formula is C20H23N3O4. The number of ether oxygens (including phenoxy) is 1. The maximum absolute atomic E-state index is 13.2. The number of aliphatic carboxylic acids is 1. The highest BCUT2D eigenvalue weighted by Crippen LogP contribution is 2.31. The van der Waals surface area contributed by atoms with E-state index >= 15 is 0 Å². The van der Waals surface area contributed by atoms with E-state index in [4.69, 9.17) is 4.74 Å². The average Bonchev–Trinajstić information content (AvgIpc) is 3.36. The third-order valence-electron chi connectivity index (χ3n) is 5.62. The number of aromatic nitrogens is 2. The van der Waals surface area contributed by atoms with Gasteiger partial charge in [0, 0.05) is 31.3 Å². The third-order valence-corrected chi connectivity index (χ3v) is 5.62. The fourth-order valence-electron chi connectivity index (χ4n) is 4.17. The minimum Gasteiger partial charge on any atom is -0.480 e. The number of fused-ring (bicyclic) bond motifs is 1. The number of rotatable bonds is 4. The third kappa shape index (κ3) is 2.92. The van der Waals surface area contributed by atoms with Gasteiger partial charge in [-0.15, -0.1) is 0 Å². The lowest BCUT2D eigenvalue weighted by Crippen LogP contribution is -2.41. The summed E-state index contributed by atoms with van der Waals surface area (Å²) in [7, 11) is 1.54. The summed E-state index contributed by atoms with van der Waals surface area (Å²) in [4.78, 5) is 26.3. The van der Waals surface area contributed by atoms with Gasteiger partial charge in [-0.3, -0.25) is 4.79 Å². The predicted molar refractivity (Wildman–Crippen MR) is 98.2 cm³/mol. The van der Waals surface area contributed by atoms with Gasteiger partial charge >= 0.3 is 5.97 Å². The van der Waals surface area contributed by atoms with Gasteiger partial charge in [0.1, 0.15) is 6.04 Å². The Labute approximate surface area is 157 Å². The van der Waals surface area contributed by atoms with Gasteiger partial charge in [-0.05, 0) is 37.8 Å². The van der Waals surface area contributed by atoms with Gasteiger partial charge in [0.25, 0.3) is 5.91 Å². The highest BCUT2D eigenvalue weighted by molar-refractivity contribution is 5.97. The summed E-state index contributed by atoms with van der Waals surface area (Å²) in [6.45, 7) is 2.29. The molecule has 1 N–H and O–H groups in total. The molecule has 1 fully saturated rings. The first-order chi connectivity index (χ1) is 13.0. The largest absolute Gasteiger partial charge is 0.480 e. The zero-order valence-corrected chi connectivity index (χ0v) is 15.5. The first-order valence-corrected chi connectivity index (χ1v) is 9.24. The maximum atomic E-state index is 13.2. The molecule has 0 spiro atoms. The monoisotopic (exact) mass is 369 g/mol. The van der Waals surface area contributed by atoms with Crippen LogP contribution in [0.2, 0.25) is 0 Å². The number of carboxylic acids is 1. The molecule has 2 aliphatic rings. The van der Waals surface area contributed by atoms with Crippen molar-refractivity contribution in [3.63, 3.8) is 0 Å². The number of carbonyl (C=O) groups is 2. The van der Waals surface area contributed by atoms with Gasteiger partial charge in [0.05, 0.1) is 11.8 Å². The molecule has 0 saturated carbocycles. The van der Waals surface area contributed by atoms with Crippen LogP contribution in [-0.2, 0) is 22.4 Å². The molecule has 1 saturated heterocycles. The number of para-hydroxylation sites is 1. The molecular weight excluding hydrogens is 346 g/mol. The van der Waals surface area contributed by atoms with Gasteiger partial charge in [-0.2, -0.15) is 5.10 Å². The van der Waals surface area contributed by atoms with E-state index in [2.05, 4.69) is 5.10 Å². The van der Waals surface area contributed by atoms with Gasteiger partial charge in [-0.1, -0.05) is 18.2 Å². The standard InChI is InChI=1S/C20H23N3O4/c1-12-6-3-4-8-15(12)23-16-9-5-7-14(16)18(21-23)19(24)22-11-13(27-2)10-17(22)20(25)26/h3-4,6,8,13,17H,5,7,9-11H2,1-2H3,(H,25,26). The SMILES string of the molecule is COC1CC(C(=O)O)N(C(=O)c2nn(-c3ccccc3C)c3c2CCC3)C1. The Bertz CT molecular complexity index is 905. The van der Waals surface area contributed by atoms with Crippen LogP contribution < -0.4 is 0 Å². The lowest BCUT2D eigenvalue weighted by atomic mass is 10.1. The molecule has 1 aliphatic heterocycles. The van der Waals surface area contributed by atoms with Crippen LogP contribution in [0, 0.1) is 6.92 Å². The molecule has 1 aromatic heterocycles. The van der Waals surface area contributed by atoms with Crippen molar-refractivity contribution in [2.45, 2.75) is 44.8 Å². The molecule has 2 unspecified atom stereocenters. The number of hydrogen-bond acceptors (Lipinski definition) is 4. The summed E-state index contributed by atoms with van der Waals surface area (Å²) in [6.07, 6.45) is 2.68. The number of carboxylic acid groups (broad SMARTS) is 1. The van der Waals surface area contributed by atoms with Crippen molar-refractivity contribution in [1.82, 2.24) is 14.7 Å². The highest BCUT2D eigenvalue weighted by atomic mass is 16.5. The number of likely N-dealkylation sites (tertiary alicyclic amines) is 1. The van der Waals surface area contributed by atoms with Crippen molar-refractivity contribution in [2.75, 3.05) is 13.7 Å². The molecule has 0 radical (unpaired) electrons. The Hall–Kier alpha value is -2.67. The summed E-state index contributed by atoms with van der Waals surface area (Å²) >= 11 is 0. The molecule has 142 valence electrons. The minimum atomic E-state index is -1.00. The van der Waals surface area contributed by atoms with E-state index < -0.39 is 12.0 Å². The first-order valence-electron chi connectivity index (χ1n) is 9.24. The Morgan fingerprint density at radius 3 is 2.74 bits per heavy atom. The van der Waals surface area contributed by atoms with E-state index in [0.29, 0.717) is 12.1 Å². The smallest absolute Gasteiger partial charge is 0.326 e. The normalized spacial score (nSPS) is 21.5. The van der Waals surface area contributed by atoms with E-state index in [1.54, 1.807) is 7.11 Å². The molecule has 0 bridgehead atoms. The molecule has 2 atom stereocenters. The summed E-state index contributed by atoms with van der Waals surface area (Å²) in [5, 5.41) is 14.2. The average molecular weight is 369 g/mol. The Morgan fingerprint density at radius 1 is 1.26 bits per heavy atom. The van der Waals surface area contributed by atoms with Crippen LogP contribution in [-0.4, -0.2) is 57.5 Å². The van der Waals surface area contributed by atoms with E-state index in [-0.39, 0.29) is 18.6 Å². The predicted octanol–water partition coefficient (Wildman–Crippen LogP) is 1.98. The Kier molecular flexibility index (Phi) is 4.47. The van der Waals surface area contributed by atoms with Crippen LogP contribution in [0.15, 0.2) is 24.3 Å². The quantitative estimate of drug-likeness (QED) is 0.891. The maximum Gasteiger partial charge on any atom is 0.326 e. The summed E-state index contributed by atoms with van der Waals surface area (Å²) in [5.74, 6) is -1.31. The van der Waals surface area contributed by atoms with Crippen molar-refractivity contribution in [2.24, 2.45) is 0 Å². The second kappa shape index (κ2) is 6.81. The number of methoxy groups -OCH3 is 1. The van der Waals surface area contributed by atoms with Crippen LogP contribution in [0.4, 0.5) is 0 Å². The molecule has 7 nitrogen and oxygen atoms in total. The zero-order chi connectivity index (χ0) is 19.1. The molecule has 27 heavy (non-hydrogen) atoms. The Morgan fingerprint density at radius 2 is 2.04 bits per heavy atom. The van der Waals surface area contributed by atoms with Gasteiger partial charge in [0.2, 0.25) is 0 Å². The Balaban J connectivity index is 1.74. The summed E-state index contributed by atoms with van der Waals surface area (Å²) in [5.41, 5.74) is 4.43. The van der Waals surface area contributed by atoms with Gasteiger partial charge < -0.3 is 14.7 Å². The van der Waals surface area contributed by atoms with E-state index in [1.807, 2.05) is 35.9 Å². The molecule has 4 rings (SSSR count). The van der Waals surface area contributed by atoms with Crippen LogP contribution in [0.25, 0.3) is 5.69 Å². The molecule has 1 amide bonds. The zero-order valence-electron chi connectivity index (χ0n) is 15.5. The van der Waals surface area contributed by atoms with Gasteiger partial charge in [0.15, 0.2) is 5.69 Å². The number of hydrogen-bond donors (Lipinski definition) is 1. The number of amides is 1. The van der Waals surface area contributed by atoms with Crippen molar-refractivity contribution in [3.05, 3.63) is 46.8 Å². The first kappa shape index (κ1) is 17.7. The van der Waals surface area contributed by atoms with Crippen molar-refractivity contribution >= 4 is 11.9 Å². The van der Waals surface area contributed by atoms with Crippen LogP contribution in [0.3, 0.4) is 0 Å². The lowest BCUT2D eigenvalue weighted by molar-refractivity contribution is -0.141. The van der Waals surface area contributed by atoms with Crippen molar-refractivity contribution < 1.29 is 19.4 Å². The van der Waals surface area contributed by atoms with Crippen LogP contribution >= 0.6 is 0 Å². The molecule has 1 aromatic carbocycles. The topological polar surface area (TPSA) is 84.7 Å². The number of nitrogens with zero attached hydrogens (tertiary/aromatic N) is 3. The van der Waals surface area contributed by atoms with E-state index in [1.165, 1.54) is 4.90 Å². The fourth-order valence-corrected chi connectivity index (χ4v) is 4.17. The number of carbonyl (C=O) groups excluding carboxylic acids is 1. The van der Waals surface area contributed by atoms with Crippen molar-refractivity contribution in [1.29, 1.82) is 0 Å². The summed E-state index contributed by atoms with van der Waals surface area (Å²) in [6, 6.07) is 7.07. The number of benzene rings is 1. The highest BCUT2D eigenvalue weighted by Gasteiger charge is 2.42. The molecule has 2 heterocycles. The molecule has 2 aromatic rings. The molecule has 7 heteroatoms. The van der Waals surface area contributed by atoms with E-state index in [9.17, 15) is 14.7 Å². The van der Waals surface area contributed by atoms with Gasteiger partial charge in [-0.25, -0.2) is 9.48 Å². The molecule has 1 aliphatic carbocycles. The minimum absolute atomic E-state index is 0.262.